The molecule has 56 heavy (non-hydrogen) atoms. The van der Waals surface area contributed by atoms with Crippen molar-refractivity contribution >= 4 is 57.5 Å². The summed E-state index contributed by atoms with van der Waals surface area (Å²) in [5, 5.41) is 19.3. The number of aromatic nitrogens is 2. The highest BCUT2D eigenvalue weighted by Gasteiger charge is 2.23. The predicted molar refractivity (Wildman–Crippen MR) is 217 cm³/mol. The third-order valence-corrected chi connectivity index (χ3v) is 8.69. The van der Waals surface area contributed by atoms with Gasteiger partial charge in [0.15, 0.2) is 5.78 Å². The highest BCUT2D eigenvalue weighted by Crippen LogP contribution is 2.20. The second-order valence-corrected chi connectivity index (χ2v) is 14.1. The van der Waals surface area contributed by atoms with E-state index < -0.39 is 23.6 Å². The number of azo groups is 1. The van der Waals surface area contributed by atoms with E-state index >= 15 is 0 Å². The van der Waals surface area contributed by atoms with Crippen molar-refractivity contribution in [2.24, 2.45) is 10.2 Å². The Morgan fingerprint density at radius 3 is 1.75 bits per heavy atom. The smallest absolute Gasteiger partial charge is 0.323 e. The number of anilines is 2. The van der Waals surface area contributed by atoms with Crippen LogP contribution in [0.25, 0.3) is 11.0 Å². The summed E-state index contributed by atoms with van der Waals surface area (Å²) < 4.78 is 0. The first-order chi connectivity index (χ1) is 26.8. The third kappa shape index (κ3) is 13.7. The van der Waals surface area contributed by atoms with E-state index in [1.54, 1.807) is 18.2 Å². The molecule has 0 aliphatic heterocycles. The van der Waals surface area contributed by atoms with Gasteiger partial charge in [-0.1, -0.05) is 12.8 Å². The van der Waals surface area contributed by atoms with Gasteiger partial charge in [-0.05, 0) is 135 Å². The van der Waals surface area contributed by atoms with E-state index in [2.05, 4.69) is 51.3 Å². The van der Waals surface area contributed by atoms with Crippen LogP contribution in [-0.4, -0.2) is 110 Å². The van der Waals surface area contributed by atoms with Gasteiger partial charge in [-0.25, -0.2) is 4.79 Å². The fourth-order valence-electron chi connectivity index (χ4n) is 5.68. The fraction of sp³-hybridized carbons (Fsp3) is 0.400. The van der Waals surface area contributed by atoms with E-state index in [1.165, 1.54) is 49.4 Å². The number of unbranched alkanes of at least 4 members (excludes halogenated alkanes) is 4. The molecule has 0 bridgehead atoms. The molecule has 4 rings (SSSR count). The van der Waals surface area contributed by atoms with Crippen molar-refractivity contribution in [2.75, 3.05) is 65.0 Å². The zero-order valence-corrected chi connectivity index (χ0v) is 32.7. The lowest BCUT2D eigenvalue weighted by Gasteiger charge is -2.13. The van der Waals surface area contributed by atoms with Crippen LogP contribution in [0.4, 0.5) is 17.1 Å². The molecule has 0 radical (unpaired) electrons. The second-order valence-electron chi connectivity index (χ2n) is 14.1. The Morgan fingerprint density at radius 2 is 1.20 bits per heavy atom. The number of fused-ring (bicyclic) bond motifs is 1. The number of amides is 4. The van der Waals surface area contributed by atoms with Gasteiger partial charge in [0, 0.05) is 41.2 Å². The maximum Gasteiger partial charge on any atom is 0.323 e. The van der Waals surface area contributed by atoms with Crippen LogP contribution < -0.4 is 27.0 Å². The summed E-state index contributed by atoms with van der Waals surface area (Å²) in [4.78, 5) is 85.9. The van der Waals surface area contributed by atoms with Crippen molar-refractivity contribution < 1.29 is 24.0 Å². The van der Waals surface area contributed by atoms with E-state index in [0.29, 0.717) is 29.8 Å². The Bertz CT molecular complexity index is 2020. The molecule has 298 valence electrons. The molecule has 0 aliphatic carbocycles. The van der Waals surface area contributed by atoms with Crippen molar-refractivity contribution in [3.05, 3.63) is 87.8 Å². The van der Waals surface area contributed by atoms with Gasteiger partial charge in [-0.2, -0.15) is 10.2 Å². The number of hydrogen-bond donors (Lipinski definition) is 6. The summed E-state index contributed by atoms with van der Waals surface area (Å²) in [6.45, 7) is 4.11. The van der Waals surface area contributed by atoms with Gasteiger partial charge in [0.2, 0.25) is 6.04 Å². The molecular formula is C40H52N10O6. The van der Waals surface area contributed by atoms with Crippen LogP contribution in [-0.2, 0) is 9.59 Å². The standard InChI is InChI=1S/C40H52N10O6/c1-26(51)35(39(55)43-31-16-17-33-34(25-31)46-40(56)45-33)48-47-30-14-12-27(13-15-30)38(54)44-32-23-28(36(52)41-18-8-6-10-20-49(2)3)22-29(24-32)37(53)42-19-9-7-11-21-50(4)5/h12-17,22-25,35H,6-11,18-21H2,1-5H3,(H,41,52)(H,42,53)(H,43,55)(H,44,54)(H2,45,46,56). The van der Waals surface area contributed by atoms with Crippen LogP contribution in [0.15, 0.2) is 75.7 Å². The third-order valence-electron chi connectivity index (χ3n) is 8.69. The van der Waals surface area contributed by atoms with Gasteiger partial charge in [-0.15, -0.1) is 0 Å². The van der Waals surface area contributed by atoms with Crippen molar-refractivity contribution in [3.63, 3.8) is 0 Å². The van der Waals surface area contributed by atoms with Crippen LogP contribution in [0.2, 0.25) is 0 Å². The van der Waals surface area contributed by atoms with Crippen molar-refractivity contribution in [2.45, 2.75) is 51.5 Å². The zero-order valence-electron chi connectivity index (χ0n) is 32.7. The number of nitrogens with zero attached hydrogens (tertiary/aromatic N) is 4. The number of ketones is 1. The fourth-order valence-corrected chi connectivity index (χ4v) is 5.68. The number of carbonyl (C=O) groups is 5. The first kappa shape index (κ1) is 42.7. The van der Waals surface area contributed by atoms with Gasteiger partial charge in [0.05, 0.1) is 16.7 Å². The van der Waals surface area contributed by atoms with Gasteiger partial charge >= 0.3 is 5.69 Å². The maximum absolute atomic E-state index is 13.3. The summed E-state index contributed by atoms with van der Waals surface area (Å²) in [5.74, 6) is -2.45. The van der Waals surface area contributed by atoms with Crippen molar-refractivity contribution in [3.8, 4) is 0 Å². The van der Waals surface area contributed by atoms with Crippen molar-refractivity contribution in [1.82, 2.24) is 30.4 Å². The molecule has 4 amide bonds. The van der Waals surface area contributed by atoms with E-state index in [-0.39, 0.29) is 45.6 Å². The summed E-state index contributed by atoms with van der Waals surface area (Å²) in [6.07, 6.45) is 5.57. The topological polar surface area (TPSA) is 213 Å². The Hall–Kier alpha value is -6.00. The average Bonchev–Trinajstić information content (AvgIpc) is 3.53. The molecule has 3 aromatic carbocycles. The minimum absolute atomic E-state index is 0.243. The molecular weight excluding hydrogens is 717 g/mol. The number of H-pyrrole nitrogens is 2. The average molecular weight is 769 g/mol. The molecule has 1 atom stereocenters. The van der Waals surface area contributed by atoms with E-state index in [1.807, 2.05) is 28.2 Å². The Kier molecular flexibility index (Phi) is 16.2. The van der Waals surface area contributed by atoms with Gasteiger partial charge < -0.3 is 41.0 Å². The molecule has 0 saturated carbocycles. The summed E-state index contributed by atoms with van der Waals surface area (Å²) >= 11 is 0. The number of hydrogen-bond acceptors (Lipinski definition) is 10. The number of benzene rings is 3. The highest BCUT2D eigenvalue weighted by atomic mass is 16.2. The number of nitrogens with one attached hydrogen (secondary N) is 6. The van der Waals surface area contributed by atoms with E-state index in [9.17, 15) is 28.8 Å². The largest absolute Gasteiger partial charge is 0.352 e. The quantitative estimate of drug-likeness (QED) is 0.0396. The second kappa shape index (κ2) is 21.2. The van der Waals surface area contributed by atoms with Crippen molar-refractivity contribution in [1.29, 1.82) is 0 Å². The highest BCUT2D eigenvalue weighted by molar-refractivity contribution is 6.10. The van der Waals surface area contributed by atoms with Crippen LogP contribution in [0.3, 0.4) is 0 Å². The Balaban J connectivity index is 1.41. The lowest BCUT2D eigenvalue weighted by Crippen LogP contribution is -2.31. The van der Waals surface area contributed by atoms with Gasteiger partial charge in [-0.3, -0.25) is 24.0 Å². The molecule has 0 spiro atoms. The van der Waals surface area contributed by atoms with E-state index in [0.717, 1.165) is 51.6 Å². The van der Waals surface area contributed by atoms with Crippen LogP contribution >= 0.6 is 0 Å². The van der Waals surface area contributed by atoms with Crippen LogP contribution in [0.1, 0.15) is 76.5 Å². The molecule has 0 saturated heterocycles. The zero-order chi connectivity index (χ0) is 40.6. The lowest BCUT2D eigenvalue weighted by molar-refractivity contribution is -0.126. The number of rotatable bonds is 21. The molecule has 1 heterocycles. The number of aromatic amines is 2. The number of carbonyl (C=O) groups excluding carboxylic acids is 5. The molecule has 1 aromatic heterocycles. The molecule has 4 aromatic rings. The van der Waals surface area contributed by atoms with Gasteiger partial charge in [0.1, 0.15) is 0 Å². The summed E-state index contributed by atoms with van der Waals surface area (Å²) in [5.41, 5.74) is 2.30. The maximum atomic E-state index is 13.3. The van der Waals surface area contributed by atoms with Crippen LogP contribution in [0, 0.1) is 0 Å². The number of Topliss-reactive ketones (excluding diaryl/α,β-unsaturated/α-hetero) is 1. The summed E-state index contributed by atoms with van der Waals surface area (Å²) in [7, 11) is 8.08. The normalized spacial score (nSPS) is 11.9. The SMILES string of the molecule is CC(=O)C(N=Nc1ccc(C(=O)Nc2cc(C(=O)NCCCCCN(C)C)cc(C(=O)NCCCCCN(C)C)c2)cc1)C(=O)Nc1ccc2[nH]c(=O)[nH]c2c1. The first-order valence-electron chi connectivity index (χ1n) is 18.7. The predicted octanol–water partition coefficient (Wildman–Crippen LogP) is 4.71. The van der Waals surface area contributed by atoms with Gasteiger partial charge in [0.25, 0.3) is 23.6 Å². The molecule has 0 aliphatic rings. The number of imidazole rings is 1. The minimum Gasteiger partial charge on any atom is -0.352 e. The van der Waals surface area contributed by atoms with Crippen LogP contribution in [0.5, 0.6) is 0 Å². The molecule has 16 heteroatoms. The Labute approximate surface area is 325 Å². The lowest BCUT2D eigenvalue weighted by atomic mass is 10.1. The molecule has 1 unspecified atom stereocenters. The molecule has 16 nitrogen and oxygen atoms in total. The first-order valence-corrected chi connectivity index (χ1v) is 18.7. The molecule has 0 fully saturated rings. The minimum atomic E-state index is -1.44. The Morgan fingerprint density at radius 1 is 0.625 bits per heavy atom. The molecule has 6 N–H and O–H groups in total. The van der Waals surface area contributed by atoms with E-state index in [4.69, 9.17) is 0 Å². The summed E-state index contributed by atoms with van der Waals surface area (Å²) in [6, 6.07) is 13.9. The monoisotopic (exact) mass is 768 g/mol.